The van der Waals surface area contributed by atoms with Crippen LogP contribution in [0.1, 0.15) is 11.1 Å². The van der Waals surface area contributed by atoms with Gasteiger partial charge in [-0.1, -0.05) is 61.2 Å². The Morgan fingerprint density at radius 1 is 0.450 bits per heavy atom. The van der Waals surface area contributed by atoms with E-state index < -0.39 is 23.3 Å². The molecule has 0 saturated heterocycles. The largest absolute Gasteiger partial charge is 0.207 e. The summed E-state index contributed by atoms with van der Waals surface area (Å²) < 4.78 is 57.7. The second-order valence-electron chi connectivity index (χ2n) is 10.0. The average molecular weight is 530 g/mol. The Kier molecular flexibility index (Phi) is 6.71. The highest BCUT2D eigenvalue weighted by molar-refractivity contribution is 6.17. The van der Waals surface area contributed by atoms with Gasteiger partial charge in [-0.15, -0.1) is 0 Å². The molecule has 0 heterocycles. The summed E-state index contributed by atoms with van der Waals surface area (Å²) in [6.07, 6.45) is 1.20. The SMILES string of the molecule is BCc1c(-c2cc(F)cc(F)c2)cc2ccccc2c1-c1c(CB)c(-c2cc(F)cc(F)c2)cc2ccccc12. The van der Waals surface area contributed by atoms with E-state index in [9.17, 15) is 17.6 Å². The zero-order valence-electron chi connectivity index (χ0n) is 22.2. The standard InChI is InChI=1S/C34H24B2F4/c35-17-31-29(21-9-23(37)15-24(38)10-21)13-19-5-1-3-7-27(19)33(31)34-28-8-4-2-6-20(28)14-30(32(34)18-36)22-11-25(39)16-26(40)12-22/h1-16H,17-18,35-36H2. The minimum atomic E-state index is -0.637. The van der Waals surface area contributed by atoms with Crippen molar-refractivity contribution in [3.8, 4) is 33.4 Å². The number of rotatable bonds is 5. The molecule has 0 aliphatic carbocycles. The Bertz CT molecular complexity index is 1750. The van der Waals surface area contributed by atoms with E-state index >= 15 is 0 Å². The molecule has 0 N–H and O–H groups in total. The molecule has 0 aromatic heterocycles. The number of hydrogen-bond acceptors (Lipinski definition) is 0. The molecule has 0 fully saturated rings. The second kappa shape index (κ2) is 10.3. The normalized spacial score (nSPS) is 11.4. The van der Waals surface area contributed by atoms with Gasteiger partial charge < -0.3 is 0 Å². The first kappa shape index (κ1) is 25.9. The van der Waals surface area contributed by atoms with Crippen LogP contribution in [0.25, 0.3) is 54.9 Å². The van der Waals surface area contributed by atoms with Crippen LogP contribution in [0.2, 0.25) is 0 Å². The van der Waals surface area contributed by atoms with E-state index in [0.717, 1.165) is 67.1 Å². The number of fused-ring (bicyclic) bond motifs is 2. The van der Waals surface area contributed by atoms with E-state index in [1.807, 2.05) is 64.2 Å². The molecule has 0 amide bonds. The van der Waals surface area contributed by atoms with Crippen LogP contribution < -0.4 is 0 Å². The van der Waals surface area contributed by atoms with Crippen LogP contribution >= 0.6 is 0 Å². The molecule has 40 heavy (non-hydrogen) atoms. The van der Waals surface area contributed by atoms with Crippen molar-refractivity contribution in [2.24, 2.45) is 0 Å². The Labute approximate surface area is 232 Å². The minimum Gasteiger partial charge on any atom is -0.207 e. The first-order chi connectivity index (χ1) is 19.4. The summed E-state index contributed by atoms with van der Waals surface area (Å²) in [4.78, 5) is 0. The Morgan fingerprint density at radius 3 is 1.15 bits per heavy atom. The summed E-state index contributed by atoms with van der Waals surface area (Å²) in [6, 6.07) is 27.1. The maximum atomic E-state index is 14.4. The molecule has 0 unspecified atom stereocenters. The molecule has 0 radical (unpaired) electrons. The molecule has 0 atom stereocenters. The van der Waals surface area contributed by atoms with E-state index in [1.54, 1.807) is 0 Å². The van der Waals surface area contributed by atoms with E-state index in [4.69, 9.17) is 0 Å². The lowest BCUT2D eigenvalue weighted by molar-refractivity contribution is 0.583. The molecule has 0 aliphatic rings. The van der Waals surface area contributed by atoms with Crippen molar-refractivity contribution in [1.82, 2.24) is 0 Å². The molecule has 6 heteroatoms. The molecule has 6 aromatic rings. The molecule has 0 nitrogen and oxygen atoms in total. The van der Waals surface area contributed by atoms with Gasteiger partial charge in [-0.25, -0.2) is 17.6 Å². The minimum absolute atomic E-state index is 0.465. The lowest BCUT2D eigenvalue weighted by atomic mass is 9.76. The van der Waals surface area contributed by atoms with Gasteiger partial charge in [0.25, 0.3) is 0 Å². The van der Waals surface area contributed by atoms with Crippen LogP contribution in [0.5, 0.6) is 0 Å². The lowest BCUT2D eigenvalue weighted by Gasteiger charge is -2.24. The predicted molar refractivity (Wildman–Crippen MR) is 162 cm³/mol. The zero-order chi connectivity index (χ0) is 28.0. The fourth-order valence-corrected chi connectivity index (χ4v) is 6.02. The molecule has 6 rings (SSSR count). The van der Waals surface area contributed by atoms with Gasteiger partial charge in [-0.05, 0) is 102 Å². The number of halogens is 4. The highest BCUT2D eigenvalue weighted by Gasteiger charge is 2.22. The maximum Gasteiger partial charge on any atom is 0.126 e. The number of benzene rings is 6. The fraction of sp³-hybridized carbons (Fsp3) is 0.0588. The van der Waals surface area contributed by atoms with Gasteiger partial charge in [0.2, 0.25) is 0 Å². The van der Waals surface area contributed by atoms with Crippen molar-refractivity contribution in [2.75, 3.05) is 0 Å². The van der Waals surface area contributed by atoms with Crippen molar-refractivity contribution in [3.05, 3.63) is 131 Å². The molecular weight excluding hydrogens is 506 g/mol. The van der Waals surface area contributed by atoms with E-state index in [-0.39, 0.29) is 0 Å². The fourth-order valence-electron chi connectivity index (χ4n) is 6.02. The van der Waals surface area contributed by atoms with Gasteiger partial charge in [-0.3, -0.25) is 0 Å². The van der Waals surface area contributed by atoms with Crippen LogP contribution in [0.4, 0.5) is 17.6 Å². The first-order valence-electron chi connectivity index (χ1n) is 13.4. The zero-order valence-corrected chi connectivity index (χ0v) is 22.2. The van der Waals surface area contributed by atoms with Gasteiger partial charge in [0.05, 0.1) is 0 Å². The van der Waals surface area contributed by atoms with Gasteiger partial charge in [0.15, 0.2) is 0 Å². The Hall–Kier alpha value is -4.31. The molecule has 194 valence electrons. The smallest absolute Gasteiger partial charge is 0.126 e. The highest BCUT2D eigenvalue weighted by atomic mass is 19.1. The lowest BCUT2D eigenvalue weighted by Crippen LogP contribution is -2.03. The van der Waals surface area contributed by atoms with E-state index in [0.29, 0.717) is 23.8 Å². The summed E-state index contributed by atoms with van der Waals surface area (Å²) in [5.41, 5.74) is 6.27. The van der Waals surface area contributed by atoms with Gasteiger partial charge in [-0.2, -0.15) is 0 Å². The average Bonchev–Trinajstić information content (AvgIpc) is 2.94. The first-order valence-corrected chi connectivity index (χ1v) is 13.4. The third kappa shape index (κ3) is 4.48. The van der Waals surface area contributed by atoms with Crippen LogP contribution in [0.3, 0.4) is 0 Å². The topological polar surface area (TPSA) is 0 Å². The summed E-state index contributed by atoms with van der Waals surface area (Å²) >= 11 is 0. The highest BCUT2D eigenvalue weighted by Crippen LogP contribution is 2.46. The molecule has 0 aliphatic heterocycles. The maximum absolute atomic E-state index is 14.4. The van der Waals surface area contributed by atoms with Crippen LogP contribution in [0.15, 0.2) is 97.1 Å². The van der Waals surface area contributed by atoms with Crippen molar-refractivity contribution in [2.45, 2.75) is 12.6 Å². The monoisotopic (exact) mass is 530 g/mol. The second-order valence-corrected chi connectivity index (χ2v) is 10.0. The van der Waals surface area contributed by atoms with E-state index in [1.165, 1.54) is 24.3 Å². The third-order valence-corrected chi connectivity index (χ3v) is 7.62. The summed E-state index contributed by atoms with van der Waals surface area (Å²) in [7, 11) is 4.07. The van der Waals surface area contributed by atoms with Crippen molar-refractivity contribution in [3.63, 3.8) is 0 Å². The van der Waals surface area contributed by atoms with Crippen LogP contribution in [-0.2, 0) is 12.6 Å². The Balaban J connectivity index is 1.81. The molecule has 0 spiro atoms. The Morgan fingerprint density at radius 2 is 0.800 bits per heavy atom. The van der Waals surface area contributed by atoms with Crippen molar-refractivity contribution in [1.29, 1.82) is 0 Å². The van der Waals surface area contributed by atoms with Crippen molar-refractivity contribution >= 4 is 37.2 Å². The third-order valence-electron chi connectivity index (χ3n) is 7.62. The molecular formula is C34H24B2F4. The molecule has 0 saturated carbocycles. The quantitative estimate of drug-likeness (QED) is 0.158. The van der Waals surface area contributed by atoms with Crippen LogP contribution in [-0.4, -0.2) is 15.7 Å². The molecule has 6 aromatic carbocycles. The van der Waals surface area contributed by atoms with Gasteiger partial charge in [0.1, 0.15) is 39.0 Å². The molecule has 0 bridgehead atoms. The van der Waals surface area contributed by atoms with Gasteiger partial charge >= 0.3 is 0 Å². The number of hydrogen-bond donors (Lipinski definition) is 0. The van der Waals surface area contributed by atoms with E-state index in [2.05, 4.69) is 12.1 Å². The van der Waals surface area contributed by atoms with Gasteiger partial charge in [0, 0.05) is 12.1 Å². The van der Waals surface area contributed by atoms with Crippen LogP contribution in [0, 0.1) is 23.3 Å². The summed E-state index contributed by atoms with van der Waals surface area (Å²) in [6.45, 7) is 0. The predicted octanol–water partition coefficient (Wildman–Crippen LogP) is 7.82. The summed E-state index contributed by atoms with van der Waals surface area (Å²) in [5, 5.41) is 3.87. The van der Waals surface area contributed by atoms with Crippen molar-refractivity contribution < 1.29 is 17.6 Å². The summed E-state index contributed by atoms with van der Waals surface area (Å²) in [5.74, 6) is -2.55.